The largest absolute Gasteiger partial charge is 0.462 e. The summed E-state index contributed by atoms with van der Waals surface area (Å²) in [7, 11) is -4.62. The molecule has 1 fully saturated rings. The van der Waals surface area contributed by atoms with Crippen molar-refractivity contribution >= 4 is 22.1 Å². The van der Waals surface area contributed by atoms with E-state index in [1.807, 2.05) is 54.7 Å². The van der Waals surface area contributed by atoms with Crippen molar-refractivity contribution in [3.8, 4) is 0 Å². The van der Waals surface area contributed by atoms with E-state index < -0.39 is 71.2 Å². The summed E-state index contributed by atoms with van der Waals surface area (Å²) in [6.45, 7) is 3.55. The summed E-state index contributed by atoms with van der Waals surface area (Å²) in [5.74, 6) is -2.09. The maximum Gasteiger partial charge on any atom is 0.306 e. The smallest absolute Gasteiger partial charge is 0.306 e. The summed E-state index contributed by atoms with van der Waals surface area (Å²) < 4.78 is 54.0. The van der Waals surface area contributed by atoms with Gasteiger partial charge in [-0.3, -0.25) is 14.1 Å². The van der Waals surface area contributed by atoms with Crippen LogP contribution in [0.25, 0.3) is 0 Å². The second kappa shape index (κ2) is 38.5. The molecule has 1 aliphatic rings. The minimum atomic E-state index is -4.62. The summed E-state index contributed by atoms with van der Waals surface area (Å²) in [6.07, 6.45) is 39.7. The van der Waals surface area contributed by atoms with Crippen LogP contribution in [0.4, 0.5) is 0 Å². The van der Waals surface area contributed by atoms with Crippen LogP contribution in [0.1, 0.15) is 168 Å². The van der Waals surface area contributed by atoms with Gasteiger partial charge in [0.1, 0.15) is 36.8 Å². The number of allylic oxidation sites excluding steroid dienone is 12. The number of esters is 2. The van der Waals surface area contributed by atoms with Crippen LogP contribution < -0.4 is 0 Å². The molecule has 0 spiro atoms. The van der Waals surface area contributed by atoms with Gasteiger partial charge in [0.2, 0.25) is 0 Å². The molecule has 356 valence electrons. The Hall–Kier alpha value is -2.91. The minimum Gasteiger partial charge on any atom is -0.462 e. The molecule has 0 aromatic rings. The van der Waals surface area contributed by atoms with E-state index >= 15 is 0 Å². The van der Waals surface area contributed by atoms with Crippen molar-refractivity contribution in [1.29, 1.82) is 0 Å². The lowest BCUT2D eigenvalue weighted by atomic mass is 10.00. The predicted molar refractivity (Wildman–Crippen MR) is 247 cm³/mol. The van der Waals surface area contributed by atoms with E-state index in [4.69, 9.17) is 18.9 Å². The number of ether oxygens (including phenoxy) is 4. The van der Waals surface area contributed by atoms with Gasteiger partial charge in [-0.1, -0.05) is 177 Å². The molecule has 6 atom stereocenters. The Bertz CT molecular complexity index is 1420. The van der Waals surface area contributed by atoms with Gasteiger partial charge in [-0.2, -0.15) is 8.42 Å². The second-order valence-corrected chi connectivity index (χ2v) is 17.7. The van der Waals surface area contributed by atoms with Crippen molar-refractivity contribution in [1.82, 2.24) is 0 Å². The quantitative estimate of drug-likeness (QED) is 0.0151. The van der Waals surface area contributed by atoms with Crippen molar-refractivity contribution in [3.05, 3.63) is 72.9 Å². The van der Waals surface area contributed by atoms with E-state index in [2.05, 4.69) is 32.1 Å². The zero-order valence-corrected chi connectivity index (χ0v) is 38.8. The van der Waals surface area contributed by atoms with Gasteiger partial charge in [0.05, 0.1) is 6.61 Å². The third kappa shape index (κ3) is 32.7. The predicted octanol–water partition coefficient (Wildman–Crippen LogP) is 9.89. The Labute approximate surface area is 374 Å². The summed E-state index contributed by atoms with van der Waals surface area (Å²) in [5.41, 5.74) is 0. The summed E-state index contributed by atoms with van der Waals surface area (Å²) in [5, 5.41) is 30.9. The van der Waals surface area contributed by atoms with Crippen LogP contribution in [-0.4, -0.2) is 96.0 Å². The van der Waals surface area contributed by atoms with E-state index in [-0.39, 0.29) is 19.4 Å². The average molecular weight is 895 g/mol. The zero-order chi connectivity index (χ0) is 45.5. The molecule has 0 aromatic carbocycles. The van der Waals surface area contributed by atoms with Gasteiger partial charge in [-0.25, -0.2) is 0 Å². The van der Waals surface area contributed by atoms with Gasteiger partial charge in [0.25, 0.3) is 10.1 Å². The van der Waals surface area contributed by atoms with Gasteiger partial charge in [-0.15, -0.1) is 0 Å². The maximum absolute atomic E-state index is 12.8. The summed E-state index contributed by atoms with van der Waals surface area (Å²) in [4.78, 5) is 25.4. The molecule has 4 N–H and O–H groups in total. The van der Waals surface area contributed by atoms with Crippen LogP contribution in [0.5, 0.6) is 0 Å². The lowest BCUT2D eigenvalue weighted by molar-refractivity contribution is -0.297. The molecule has 0 aliphatic carbocycles. The minimum absolute atomic E-state index is 0.0640. The number of hydrogen-bond acceptors (Lipinski definition) is 11. The van der Waals surface area contributed by atoms with Crippen molar-refractivity contribution in [2.45, 2.75) is 205 Å². The van der Waals surface area contributed by atoms with Crippen LogP contribution in [0.15, 0.2) is 72.9 Å². The molecule has 0 amide bonds. The molecule has 62 heavy (non-hydrogen) atoms. The van der Waals surface area contributed by atoms with Crippen molar-refractivity contribution < 1.29 is 56.8 Å². The van der Waals surface area contributed by atoms with Crippen LogP contribution in [0.3, 0.4) is 0 Å². The fourth-order valence-corrected chi connectivity index (χ4v) is 7.45. The second-order valence-electron chi connectivity index (χ2n) is 16.2. The molecule has 13 heteroatoms. The van der Waals surface area contributed by atoms with Crippen LogP contribution in [-0.2, 0) is 38.7 Å². The fourth-order valence-electron chi connectivity index (χ4n) is 6.76. The van der Waals surface area contributed by atoms with E-state index in [1.54, 1.807) is 0 Å². The highest BCUT2D eigenvalue weighted by molar-refractivity contribution is 7.85. The molecule has 12 nitrogen and oxygen atoms in total. The molecule has 0 aromatic heterocycles. The average Bonchev–Trinajstić information content (AvgIpc) is 3.24. The van der Waals surface area contributed by atoms with Gasteiger partial charge in [0.15, 0.2) is 12.4 Å². The van der Waals surface area contributed by atoms with Crippen LogP contribution in [0.2, 0.25) is 0 Å². The first-order chi connectivity index (χ1) is 30.0. The molecule has 3 unspecified atom stereocenters. The highest BCUT2D eigenvalue weighted by atomic mass is 32.2. The molecule has 1 rings (SSSR count). The van der Waals surface area contributed by atoms with Gasteiger partial charge in [-0.05, 0) is 51.4 Å². The van der Waals surface area contributed by atoms with Crippen molar-refractivity contribution in [3.63, 3.8) is 0 Å². The number of rotatable bonds is 38. The SMILES string of the molecule is CC/C=C/C=C/C=C/C=C/C=C/CCCC(=O)OC(COC(=O)CCCCCCCCC/C=C/CCCCCCCCCCCC)CO[C@H]1O[C@H](CS(=O)(=O)O)[C@@H](O)C(O)C1O. The molecule has 1 heterocycles. The lowest BCUT2D eigenvalue weighted by Gasteiger charge is -2.40. The van der Waals surface area contributed by atoms with Gasteiger partial charge < -0.3 is 34.3 Å². The first-order valence-electron chi connectivity index (χ1n) is 23.6. The standard InChI is InChI=1S/C49H82O12S/c1-3-5-7-9-11-13-15-17-18-19-20-21-22-23-24-26-27-29-31-33-35-37-44(50)58-39-42(40-59-49-48(54)47(53)46(52)43(61-49)41-62(55,56)57)60-45(51)38-36-34-32-30-28-25-16-14-12-10-8-6-4-2/h6,8,10,12,14,16,21-22,25,28,30,32,42-43,46-49,52-54H,3-5,7,9,11,13,15,17-20,23-24,26-27,29,31,33-41H2,1-2H3,(H,55,56,57)/b8-6+,12-10+,16-14+,22-21+,28-25+,32-30+/t42?,43-,46-,47?,48?,49+/m1/s1. The van der Waals surface area contributed by atoms with E-state index in [0.29, 0.717) is 19.3 Å². The summed E-state index contributed by atoms with van der Waals surface area (Å²) >= 11 is 0. The van der Waals surface area contributed by atoms with Gasteiger partial charge in [0, 0.05) is 12.8 Å². The third-order valence-electron chi connectivity index (χ3n) is 10.4. The number of carbonyl (C=O) groups is 2. The molecular formula is C49H82O12S. The Morgan fingerprint density at radius 2 is 1.05 bits per heavy atom. The fraction of sp³-hybridized carbons (Fsp3) is 0.714. The van der Waals surface area contributed by atoms with Crippen LogP contribution in [0, 0.1) is 0 Å². The van der Waals surface area contributed by atoms with E-state index in [9.17, 15) is 37.9 Å². The Kier molecular flexibility index (Phi) is 35.5. The van der Waals surface area contributed by atoms with Gasteiger partial charge >= 0.3 is 11.9 Å². The lowest BCUT2D eigenvalue weighted by Crippen LogP contribution is -2.60. The number of carbonyl (C=O) groups excluding carboxylic acids is 2. The molecule has 0 saturated carbocycles. The Balaban J connectivity index is 2.43. The van der Waals surface area contributed by atoms with E-state index in [1.165, 1.54) is 83.5 Å². The molecule has 0 bridgehead atoms. The Morgan fingerprint density at radius 3 is 1.60 bits per heavy atom. The molecule has 1 aliphatic heterocycles. The monoisotopic (exact) mass is 895 g/mol. The summed E-state index contributed by atoms with van der Waals surface area (Å²) in [6, 6.07) is 0. The number of unbranched alkanes of at least 4 members (excludes halogenated alkanes) is 18. The van der Waals surface area contributed by atoms with Crippen molar-refractivity contribution in [2.75, 3.05) is 19.0 Å². The Morgan fingerprint density at radius 1 is 0.565 bits per heavy atom. The zero-order valence-electron chi connectivity index (χ0n) is 37.9. The molecular weight excluding hydrogens is 813 g/mol. The van der Waals surface area contributed by atoms with Crippen LogP contribution >= 0.6 is 0 Å². The topological polar surface area (TPSA) is 186 Å². The number of hydrogen-bond donors (Lipinski definition) is 4. The molecule has 0 radical (unpaired) electrons. The number of aliphatic hydroxyl groups is 3. The maximum atomic E-state index is 12.8. The first kappa shape index (κ1) is 57.1. The normalized spacial score (nSPS) is 20.5. The highest BCUT2D eigenvalue weighted by Gasteiger charge is 2.46. The van der Waals surface area contributed by atoms with E-state index in [0.717, 1.165) is 38.5 Å². The third-order valence-corrected chi connectivity index (χ3v) is 11.1. The molecule has 1 saturated heterocycles. The number of aliphatic hydroxyl groups excluding tert-OH is 3. The highest BCUT2D eigenvalue weighted by Crippen LogP contribution is 2.24. The first-order valence-corrected chi connectivity index (χ1v) is 25.2. The van der Waals surface area contributed by atoms with Crippen molar-refractivity contribution in [2.24, 2.45) is 0 Å².